The van der Waals surface area contributed by atoms with Crippen LogP contribution in [0.3, 0.4) is 0 Å². The molecule has 10 heteroatoms. The Morgan fingerprint density at radius 1 is 1.33 bits per heavy atom. The molecule has 9 nitrogen and oxygen atoms in total. The third kappa shape index (κ3) is 5.45. The molecule has 0 aliphatic heterocycles. The van der Waals surface area contributed by atoms with Gasteiger partial charge in [-0.1, -0.05) is 6.92 Å². The topological polar surface area (TPSA) is 150 Å². The van der Waals surface area contributed by atoms with Gasteiger partial charge in [-0.15, -0.1) is 0 Å². The van der Waals surface area contributed by atoms with Gasteiger partial charge in [0.1, 0.15) is 12.1 Å². The molecule has 4 atom stereocenters. The Bertz CT molecular complexity index is 463. The van der Waals surface area contributed by atoms with Crippen molar-refractivity contribution < 1.29 is 28.9 Å². The summed E-state index contributed by atoms with van der Waals surface area (Å²) in [4.78, 5) is 44.3. The standard InChI is InChI=1S/C11H22N3O6P/c1-5-8(12)9(15)13-6(2)10(16)14(21(4,19)20)7(3)11(17)18/h6-8H,5,12H2,1-4H3,(H,13,15)(H,17,18)(H,19,20)/t6-,7-,8-/m0/s1. The van der Waals surface area contributed by atoms with Gasteiger partial charge in [0.25, 0.3) is 13.4 Å². The summed E-state index contributed by atoms with van der Waals surface area (Å²) in [5.41, 5.74) is 5.50. The zero-order chi connectivity index (χ0) is 17.0. The first-order chi connectivity index (χ1) is 9.43. The van der Waals surface area contributed by atoms with Crippen LogP contribution in [0.2, 0.25) is 0 Å². The summed E-state index contributed by atoms with van der Waals surface area (Å²) in [5, 5.41) is 11.2. The molecule has 0 radical (unpaired) electrons. The molecule has 0 aromatic carbocycles. The number of hydrogen-bond donors (Lipinski definition) is 4. The number of carbonyl (C=O) groups excluding carboxylic acids is 2. The van der Waals surface area contributed by atoms with Crippen LogP contribution in [0.25, 0.3) is 0 Å². The highest BCUT2D eigenvalue weighted by Gasteiger charge is 2.38. The van der Waals surface area contributed by atoms with E-state index in [2.05, 4.69) is 5.32 Å². The van der Waals surface area contributed by atoms with E-state index in [1.807, 2.05) is 0 Å². The van der Waals surface area contributed by atoms with Crippen molar-refractivity contribution in [1.82, 2.24) is 9.99 Å². The van der Waals surface area contributed by atoms with Crippen molar-refractivity contribution in [1.29, 1.82) is 0 Å². The molecule has 122 valence electrons. The molecule has 0 aromatic heterocycles. The Morgan fingerprint density at radius 3 is 2.14 bits per heavy atom. The SMILES string of the molecule is CC[C@H](N)C(=O)N[C@@H](C)C(=O)N([C@@H](C)C(=O)O)P(C)(=O)O. The minimum atomic E-state index is -4.15. The van der Waals surface area contributed by atoms with E-state index < -0.39 is 43.4 Å². The summed E-state index contributed by atoms with van der Waals surface area (Å²) in [6.45, 7) is 4.94. The predicted octanol–water partition coefficient (Wildman–Crippen LogP) is -0.655. The van der Waals surface area contributed by atoms with Crippen LogP contribution < -0.4 is 11.1 Å². The number of carbonyl (C=O) groups is 3. The fourth-order valence-corrected chi connectivity index (χ4v) is 2.85. The molecule has 0 bridgehead atoms. The number of nitrogens with two attached hydrogens (primary N) is 1. The number of carboxylic acids is 1. The Balaban J connectivity index is 5.19. The van der Waals surface area contributed by atoms with Gasteiger partial charge >= 0.3 is 5.97 Å². The van der Waals surface area contributed by atoms with Gasteiger partial charge in [0.05, 0.1) is 6.04 Å². The molecule has 0 aliphatic carbocycles. The minimum absolute atomic E-state index is 0.355. The van der Waals surface area contributed by atoms with Gasteiger partial charge in [0.2, 0.25) is 5.91 Å². The second kappa shape index (κ2) is 7.53. The van der Waals surface area contributed by atoms with E-state index in [1.54, 1.807) is 6.92 Å². The molecule has 0 spiro atoms. The Hall–Kier alpha value is -1.44. The van der Waals surface area contributed by atoms with Crippen LogP contribution in [0.4, 0.5) is 0 Å². The second-order valence-corrected chi connectivity index (χ2v) is 6.88. The molecule has 5 N–H and O–H groups in total. The predicted molar refractivity (Wildman–Crippen MR) is 75.6 cm³/mol. The van der Waals surface area contributed by atoms with E-state index in [1.165, 1.54) is 6.92 Å². The summed E-state index contributed by atoms with van der Waals surface area (Å²) in [5.74, 6) is -2.98. The lowest BCUT2D eigenvalue weighted by Crippen LogP contribution is -2.53. The zero-order valence-electron chi connectivity index (χ0n) is 12.4. The van der Waals surface area contributed by atoms with Crippen LogP contribution in [0.5, 0.6) is 0 Å². The van der Waals surface area contributed by atoms with Crippen LogP contribution in [0.15, 0.2) is 0 Å². The summed E-state index contributed by atoms with van der Waals surface area (Å²) in [7, 11) is -4.15. The summed E-state index contributed by atoms with van der Waals surface area (Å²) in [6, 6.07) is -3.48. The monoisotopic (exact) mass is 323 g/mol. The lowest BCUT2D eigenvalue weighted by molar-refractivity contribution is -0.146. The average Bonchev–Trinajstić information content (AvgIpc) is 2.35. The van der Waals surface area contributed by atoms with E-state index in [9.17, 15) is 23.8 Å². The molecule has 2 amide bonds. The van der Waals surface area contributed by atoms with E-state index in [0.29, 0.717) is 11.1 Å². The molecule has 21 heavy (non-hydrogen) atoms. The highest BCUT2D eigenvalue weighted by atomic mass is 31.2. The number of aliphatic carboxylic acids is 1. The van der Waals surface area contributed by atoms with Gasteiger partial charge in [0, 0.05) is 6.66 Å². The fourth-order valence-electron chi connectivity index (χ4n) is 1.57. The van der Waals surface area contributed by atoms with Crippen LogP contribution in [0, 0.1) is 0 Å². The number of nitrogens with one attached hydrogen (secondary N) is 1. The van der Waals surface area contributed by atoms with Gasteiger partial charge in [-0.3, -0.25) is 18.8 Å². The Morgan fingerprint density at radius 2 is 1.81 bits per heavy atom. The van der Waals surface area contributed by atoms with Crippen molar-refractivity contribution in [2.75, 3.05) is 6.66 Å². The van der Waals surface area contributed by atoms with Crippen LogP contribution in [0.1, 0.15) is 27.2 Å². The molecule has 0 aliphatic rings. The highest BCUT2D eigenvalue weighted by Crippen LogP contribution is 2.42. The van der Waals surface area contributed by atoms with Crippen molar-refractivity contribution in [2.24, 2.45) is 5.73 Å². The number of nitrogens with zero attached hydrogens (tertiary/aromatic N) is 1. The molecular weight excluding hydrogens is 301 g/mol. The maximum absolute atomic E-state index is 12.2. The zero-order valence-corrected chi connectivity index (χ0v) is 13.3. The van der Waals surface area contributed by atoms with Crippen LogP contribution in [-0.4, -0.2) is 57.2 Å². The molecule has 0 aromatic rings. The first kappa shape index (κ1) is 19.6. The van der Waals surface area contributed by atoms with Crippen molar-refractivity contribution in [2.45, 2.75) is 45.3 Å². The lowest BCUT2D eigenvalue weighted by atomic mass is 10.2. The molecule has 0 heterocycles. The summed E-state index contributed by atoms with van der Waals surface area (Å²) < 4.78 is 12.1. The largest absolute Gasteiger partial charge is 0.480 e. The van der Waals surface area contributed by atoms with Gasteiger partial charge in [0.15, 0.2) is 0 Å². The molecule has 0 saturated carbocycles. The Labute approximate surface area is 123 Å². The number of hydrogen-bond acceptors (Lipinski definition) is 5. The van der Waals surface area contributed by atoms with E-state index in [-0.39, 0.29) is 0 Å². The molecule has 1 unspecified atom stereocenters. The van der Waals surface area contributed by atoms with Gasteiger partial charge in [-0.2, -0.15) is 0 Å². The smallest absolute Gasteiger partial charge is 0.326 e. The Kier molecular flexibility index (Phi) is 7.02. The van der Waals surface area contributed by atoms with E-state index in [0.717, 1.165) is 13.6 Å². The quantitative estimate of drug-likeness (QED) is 0.454. The lowest BCUT2D eigenvalue weighted by Gasteiger charge is -2.31. The van der Waals surface area contributed by atoms with Crippen LogP contribution >= 0.6 is 7.52 Å². The average molecular weight is 323 g/mol. The van der Waals surface area contributed by atoms with Crippen molar-refractivity contribution in [3.63, 3.8) is 0 Å². The minimum Gasteiger partial charge on any atom is -0.480 e. The first-order valence-electron chi connectivity index (χ1n) is 6.36. The molecular formula is C11H22N3O6P. The summed E-state index contributed by atoms with van der Waals surface area (Å²) >= 11 is 0. The van der Waals surface area contributed by atoms with Crippen molar-refractivity contribution in [3.05, 3.63) is 0 Å². The molecule has 0 saturated heterocycles. The van der Waals surface area contributed by atoms with Gasteiger partial charge in [-0.25, -0.2) is 4.79 Å². The normalized spacial score (nSPS) is 18.0. The number of rotatable bonds is 7. The van der Waals surface area contributed by atoms with Crippen LogP contribution in [-0.2, 0) is 18.9 Å². The van der Waals surface area contributed by atoms with Crippen molar-refractivity contribution >= 4 is 25.3 Å². The van der Waals surface area contributed by atoms with Gasteiger partial charge in [-0.05, 0) is 20.3 Å². The third-order valence-electron chi connectivity index (χ3n) is 2.86. The molecule has 0 fully saturated rings. The number of carboxylic acid groups (broad SMARTS) is 1. The summed E-state index contributed by atoms with van der Waals surface area (Å²) in [6.07, 6.45) is 0.355. The third-order valence-corrected chi connectivity index (χ3v) is 4.20. The highest BCUT2D eigenvalue weighted by molar-refractivity contribution is 7.55. The van der Waals surface area contributed by atoms with Gasteiger partial charge < -0.3 is 21.1 Å². The maximum atomic E-state index is 12.2. The first-order valence-corrected chi connectivity index (χ1v) is 8.42. The van der Waals surface area contributed by atoms with Crippen molar-refractivity contribution in [3.8, 4) is 0 Å². The number of amides is 2. The molecule has 0 rings (SSSR count). The van der Waals surface area contributed by atoms with E-state index >= 15 is 0 Å². The van der Waals surface area contributed by atoms with E-state index in [4.69, 9.17) is 10.8 Å². The second-order valence-electron chi connectivity index (χ2n) is 4.78. The maximum Gasteiger partial charge on any atom is 0.326 e. The fraction of sp³-hybridized carbons (Fsp3) is 0.727.